The fourth-order valence-corrected chi connectivity index (χ4v) is 6.94. The van der Waals surface area contributed by atoms with Gasteiger partial charge in [0.2, 0.25) is 0 Å². The van der Waals surface area contributed by atoms with Crippen molar-refractivity contribution < 1.29 is 38.7 Å². The Labute approximate surface area is 356 Å². The van der Waals surface area contributed by atoms with E-state index in [1.165, 1.54) is 0 Å². The maximum absolute atomic E-state index is 13.0. The lowest BCUT2D eigenvalue weighted by molar-refractivity contribution is -0.160. The summed E-state index contributed by atoms with van der Waals surface area (Å²) in [7, 11) is 0. The lowest BCUT2D eigenvalue weighted by Crippen LogP contribution is -2.30. The fourth-order valence-electron chi connectivity index (χ4n) is 4.96. The molecule has 0 amide bonds. The molecule has 4 atom stereocenters. The van der Waals surface area contributed by atoms with Crippen molar-refractivity contribution in [3.05, 3.63) is 59.7 Å². The number of esters is 2. The quantitative estimate of drug-likeness (QED) is 0.0931. The summed E-state index contributed by atoms with van der Waals surface area (Å²) in [5, 5.41) is 19.3. The molecule has 0 aliphatic carbocycles. The van der Waals surface area contributed by atoms with Crippen molar-refractivity contribution >= 4 is 35.5 Å². The number of aromatic hydroxyl groups is 2. The zero-order valence-corrected chi connectivity index (χ0v) is 31.8. The van der Waals surface area contributed by atoms with E-state index in [2.05, 4.69) is 6.92 Å². The number of rotatable bonds is 21. The third kappa shape index (κ3) is 29.8. The van der Waals surface area contributed by atoms with Crippen LogP contribution in [0.1, 0.15) is 151 Å². The summed E-state index contributed by atoms with van der Waals surface area (Å²) in [6.45, 7) is 17.5. The van der Waals surface area contributed by atoms with Crippen molar-refractivity contribution in [1.29, 1.82) is 0 Å². The lowest BCUT2D eigenvalue weighted by Gasteiger charge is -2.25. The molecule has 8 nitrogen and oxygen atoms in total. The molecule has 2 aromatic rings. The molecule has 0 aliphatic rings. The van der Waals surface area contributed by atoms with Gasteiger partial charge in [0, 0.05) is 23.0 Å². The minimum absolute atomic E-state index is 0. The van der Waals surface area contributed by atoms with Gasteiger partial charge in [-0.15, -0.1) is 0 Å². The molecule has 0 fully saturated rings. The van der Waals surface area contributed by atoms with Crippen LogP contribution in [0.15, 0.2) is 48.5 Å². The van der Waals surface area contributed by atoms with E-state index in [0.717, 1.165) is 28.4 Å². The Kier molecular flexibility index (Phi) is 42.2. The van der Waals surface area contributed by atoms with Crippen LogP contribution in [0, 0.1) is 11.8 Å². The zero-order chi connectivity index (χ0) is 35.7. The molecule has 0 saturated heterocycles. The van der Waals surface area contributed by atoms with Crippen LogP contribution in [-0.2, 0) is 28.5 Å². The van der Waals surface area contributed by atoms with Gasteiger partial charge in [-0.25, -0.2) is 0 Å². The number of phenols is 2. The van der Waals surface area contributed by atoms with Gasteiger partial charge in [-0.2, -0.15) is 23.5 Å². The summed E-state index contributed by atoms with van der Waals surface area (Å²) >= 11 is 3.47. The van der Waals surface area contributed by atoms with E-state index in [1.54, 1.807) is 47.8 Å². The van der Waals surface area contributed by atoms with Crippen molar-refractivity contribution in [3.63, 3.8) is 0 Å². The summed E-state index contributed by atoms with van der Waals surface area (Å²) in [6.07, 6.45) is 1.33. The molecule has 10 heteroatoms. The third-order valence-corrected chi connectivity index (χ3v) is 9.59. The average molecular weight is 835 g/mol. The Morgan fingerprint density at radius 3 is 1.39 bits per heavy atom. The fraction of sp³-hybridized carbons (Fsp3) is 0.696. The number of ether oxygens (including phenoxy) is 4. The molecule has 0 bridgehead atoms. The smallest absolute Gasteiger partial charge is 0.310 e. The van der Waals surface area contributed by atoms with Crippen molar-refractivity contribution in [2.24, 2.45) is 11.8 Å². The number of carbonyl (C=O) groups excluding carboxylic acids is 2. The van der Waals surface area contributed by atoms with Gasteiger partial charge >= 0.3 is 11.9 Å². The van der Waals surface area contributed by atoms with Crippen LogP contribution >= 0.6 is 23.5 Å². The Morgan fingerprint density at radius 2 is 0.964 bits per heavy atom. The van der Waals surface area contributed by atoms with Crippen LogP contribution in [0.2, 0.25) is 0 Å². The minimum atomic E-state index is -0.543. The van der Waals surface area contributed by atoms with Gasteiger partial charge in [0.1, 0.15) is 22.7 Å². The molecule has 334 valence electrons. The highest BCUT2D eigenvalue weighted by molar-refractivity contribution is 7.99. The van der Waals surface area contributed by atoms with Crippen molar-refractivity contribution in [1.82, 2.24) is 0 Å². The Hall–Kier alpha value is -2.40. The standard InChI is InChI=1S/C38H58O8S2.8CH4/c1-27(29-9-13-33(39)14-10-29)23-32(36(42)46-38(6,7)8)26-48-22-20-44-18-17-43-19-21-47-25-31(30-11-15-34(40)16-12-30)24-28(2)35(41)45-37(3,4)5;;;;;;;;/h9-16,27-28,31-32,39-40H,17-26H2,1-8H3;8*1H4. The topological polar surface area (TPSA) is 112 Å². The molecule has 2 rings (SSSR count). The Bertz CT molecular complexity index is 1210. The van der Waals surface area contributed by atoms with Gasteiger partial charge < -0.3 is 29.2 Å². The minimum Gasteiger partial charge on any atom is -0.508 e. The molecule has 0 radical (unpaired) electrons. The number of thioether (sulfide) groups is 2. The molecule has 0 aliphatic heterocycles. The van der Waals surface area contributed by atoms with Crippen LogP contribution in [-0.4, -0.2) is 82.8 Å². The molecular weight excluding hydrogens is 745 g/mol. The van der Waals surface area contributed by atoms with Gasteiger partial charge in [-0.05, 0) is 102 Å². The highest BCUT2D eigenvalue weighted by Gasteiger charge is 2.28. The Morgan fingerprint density at radius 1 is 0.571 bits per heavy atom. The summed E-state index contributed by atoms with van der Waals surface area (Å²) in [5.74, 6) is 2.95. The summed E-state index contributed by atoms with van der Waals surface area (Å²) in [4.78, 5) is 25.6. The van der Waals surface area contributed by atoms with Gasteiger partial charge in [0.25, 0.3) is 0 Å². The van der Waals surface area contributed by atoms with Gasteiger partial charge in [0.05, 0.1) is 38.3 Å². The number of hydrogen-bond acceptors (Lipinski definition) is 10. The number of phenolic OH excluding ortho intramolecular Hbond substituents is 2. The van der Waals surface area contributed by atoms with Crippen molar-refractivity contribution in [2.75, 3.05) is 49.4 Å². The molecule has 0 heterocycles. The third-order valence-electron chi connectivity index (χ3n) is 7.41. The van der Waals surface area contributed by atoms with Gasteiger partial charge in [0.15, 0.2) is 0 Å². The SMILES string of the molecule is C.C.C.C.C.C.C.C.CC(CC(CSCCOCCOCCSCC(CC(C)c1ccc(O)cc1)C(=O)OC(C)(C)C)c1ccc(O)cc1)C(=O)OC(C)(C)C. The largest absolute Gasteiger partial charge is 0.508 e. The van der Waals surface area contributed by atoms with Crippen molar-refractivity contribution in [3.8, 4) is 11.5 Å². The summed E-state index contributed by atoms with van der Waals surface area (Å²) in [5.41, 5.74) is 1.11. The van der Waals surface area contributed by atoms with Crippen LogP contribution in [0.4, 0.5) is 0 Å². The second kappa shape index (κ2) is 34.6. The predicted molar refractivity (Wildman–Crippen MR) is 251 cm³/mol. The molecule has 0 aromatic heterocycles. The molecule has 56 heavy (non-hydrogen) atoms. The summed E-state index contributed by atoms with van der Waals surface area (Å²) in [6, 6.07) is 14.4. The molecule has 0 spiro atoms. The number of hydrogen-bond donors (Lipinski definition) is 2. The molecule has 2 N–H and O–H groups in total. The first-order chi connectivity index (χ1) is 22.5. The Balaban J connectivity index is -0.000000600. The lowest BCUT2D eigenvalue weighted by atomic mass is 9.91. The predicted octanol–water partition coefficient (Wildman–Crippen LogP) is 13.3. The van der Waals surface area contributed by atoms with E-state index < -0.39 is 11.2 Å². The van der Waals surface area contributed by atoms with Crippen LogP contribution in [0.3, 0.4) is 0 Å². The molecular formula is C46H90O8S2. The van der Waals surface area contributed by atoms with E-state index in [1.807, 2.05) is 72.7 Å². The maximum Gasteiger partial charge on any atom is 0.310 e. The maximum atomic E-state index is 13.0. The number of carbonyl (C=O) groups is 2. The summed E-state index contributed by atoms with van der Waals surface area (Å²) < 4.78 is 22.9. The molecule has 0 saturated carbocycles. The first-order valence-electron chi connectivity index (χ1n) is 16.9. The van der Waals surface area contributed by atoms with E-state index in [0.29, 0.717) is 45.0 Å². The highest BCUT2D eigenvalue weighted by atomic mass is 32.2. The monoisotopic (exact) mass is 835 g/mol. The van der Waals surface area contributed by atoms with E-state index in [9.17, 15) is 19.8 Å². The molecule has 2 aromatic carbocycles. The normalized spacial score (nSPS) is 12.5. The van der Waals surface area contributed by atoms with Gasteiger partial charge in [-0.3, -0.25) is 9.59 Å². The van der Waals surface area contributed by atoms with Crippen LogP contribution in [0.25, 0.3) is 0 Å². The second-order valence-electron chi connectivity index (χ2n) is 14.3. The first-order valence-corrected chi connectivity index (χ1v) is 19.2. The molecule has 4 unspecified atom stereocenters. The van der Waals surface area contributed by atoms with Gasteiger partial charge in [-0.1, -0.05) is 97.5 Å². The number of benzene rings is 2. The van der Waals surface area contributed by atoms with Crippen LogP contribution in [0.5, 0.6) is 11.5 Å². The first kappa shape index (κ1) is 68.3. The van der Waals surface area contributed by atoms with E-state index in [4.69, 9.17) is 18.9 Å². The highest BCUT2D eigenvalue weighted by Crippen LogP contribution is 2.31. The van der Waals surface area contributed by atoms with Crippen LogP contribution < -0.4 is 0 Å². The second-order valence-corrected chi connectivity index (χ2v) is 16.6. The van der Waals surface area contributed by atoms with Crippen molar-refractivity contribution in [2.45, 2.75) is 151 Å². The van der Waals surface area contributed by atoms with E-state index >= 15 is 0 Å². The zero-order valence-electron chi connectivity index (χ0n) is 30.2. The van der Waals surface area contributed by atoms with E-state index in [-0.39, 0.29) is 107 Å². The average Bonchev–Trinajstić information content (AvgIpc) is 2.99.